The molecule has 1 heterocycles. The van der Waals surface area contributed by atoms with Crippen molar-refractivity contribution in [1.29, 1.82) is 0 Å². The number of rotatable bonds is 4. The van der Waals surface area contributed by atoms with Crippen LogP contribution in [0, 0.1) is 0 Å². The molecule has 0 aliphatic heterocycles. The third-order valence-corrected chi connectivity index (χ3v) is 3.25. The molecule has 1 aliphatic carbocycles. The Balaban J connectivity index is 1.96. The molecule has 0 saturated heterocycles. The van der Waals surface area contributed by atoms with Gasteiger partial charge in [0.25, 0.3) is 0 Å². The van der Waals surface area contributed by atoms with Crippen molar-refractivity contribution in [1.82, 2.24) is 10.1 Å². The molecule has 0 atom stereocenters. The zero-order valence-corrected chi connectivity index (χ0v) is 9.91. The van der Waals surface area contributed by atoms with Crippen molar-refractivity contribution in [2.75, 3.05) is 0 Å². The predicted molar refractivity (Wildman–Crippen MR) is 60.0 cm³/mol. The Labute approximate surface area is 96.1 Å². The minimum atomic E-state index is -0.603. The molecule has 16 heavy (non-hydrogen) atoms. The smallest absolute Gasteiger partial charge is 0.229 e. The summed E-state index contributed by atoms with van der Waals surface area (Å²) in [4.78, 5) is 4.30. The number of aryl methyl sites for hydroxylation is 1. The molecular weight excluding hydrogens is 204 g/mol. The number of nitrogens with zero attached hydrogens (tertiary/aromatic N) is 2. The van der Waals surface area contributed by atoms with Gasteiger partial charge >= 0.3 is 0 Å². The number of hydrogen-bond acceptors (Lipinski definition) is 4. The molecule has 90 valence electrons. The molecule has 1 N–H and O–H groups in total. The van der Waals surface area contributed by atoms with Crippen LogP contribution in [0.3, 0.4) is 0 Å². The summed E-state index contributed by atoms with van der Waals surface area (Å²) in [7, 11) is 0. The van der Waals surface area contributed by atoms with Crippen molar-refractivity contribution in [3.63, 3.8) is 0 Å². The van der Waals surface area contributed by atoms with Crippen LogP contribution in [0.4, 0.5) is 0 Å². The van der Waals surface area contributed by atoms with E-state index in [0.717, 1.165) is 44.3 Å². The van der Waals surface area contributed by atoms with Crippen LogP contribution in [-0.2, 0) is 12.8 Å². The van der Waals surface area contributed by atoms with Gasteiger partial charge in [0.15, 0.2) is 5.82 Å². The zero-order chi connectivity index (χ0) is 11.4. The Morgan fingerprint density at radius 3 is 2.75 bits per heavy atom. The highest BCUT2D eigenvalue weighted by Gasteiger charge is 2.31. The molecule has 1 aliphatic rings. The first-order valence-corrected chi connectivity index (χ1v) is 6.26. The second-order valence-electron chi connectivity index (χ2n) is 4.82. The normalized spacial score (nSPS) is 19.9. The third-order valence-electron chi connectivity index (χ3n) is 3.25. The standard InChI is InChI=1S/C12H20N2O2/c1-2-6-10-13-11(16-14-10)9-12(15)7-4-3-5-8-12/h15H,2-9H2,1H3. The maximum Gasteiger partial charge on any atom is 0.229 e. The maximum atomic E-state index is 10.3. The van der Waals surface area contributed by atoms with Gasteiger partial charge in [-0.15, -0.1) is 0 Å². The average molecular weight is 224 g/mol. The van der Waals surface area contributed by atoms with Gasteiger partial charge in [-0.3, -0.25) is 0 Å². The van der Waals surface area contributed by atoms with Crippen molar-refractivity contribution in [2.45, 2.75) is 63.9 Å². The summed E-state index contributed by atoms with van der Waals surface area (Å²) >= 11 is 0. The quantitative estimate of drug-likeness (QED) is 0.852. The molecule has 0 radical (unpaired) electrons. The van der Waals surface area contributed by atoms with E-state index in [2.05, 4.69) is 17.1 Å². The lowest BCUT2D eigenvalue weighted by atomic mass is 9.82. The molecule has 4 heteroatoms. The maximum absolute atomic E-state index is 10.3. The lowest BCUT2D eigenvalue weighted by Crippen LogP contribution is -2.33. The minimum Gasteiger partial charge on any atom is -0.389 e. The van der Waals surface area contributed by atoms with Gasteiger partial charge in [0.05, 0.1) is 12.0 Å². The van der Waals surface area contributed by atoms with Crippen molar-refractivity contribution in [3.8, 4) is 0 Å². The van der Waals surface area contributed by atoms with Crippen molar-refractivity contribution in [3.05, 3.63) is 11.7 Å². The van der Waals surface area contributed by atoms with E-state index >= 15 is 0 Å². The van der Waals surface area contributed by atoms with Gasteiger partial charge in [-0.2, -0.15) is 4.98 Å². The van der Waals surface area contributed by atoms with Gasteiger partial charge in [0, 0.05) is 6.42 Å². The lowest BCUT2D eigenvalue weighted by Gasteiger charge is -2.30. The number of hydrogen-bond donors (Lipinski definition) is 1. The average Bonchev–Trinajstić information content (AvgIpc) is 2.66. The fourth-order valence-corrected chi connectivity index (χ4v) is 2.36. The molecule has 1 fully saturated rings. The molecule has 0 spiro atoms. The van der Waals surface area contributed by atoms with Crippen LogP contribution < -0.4 is 0 Å². The number of aromatic nitrogens is 2. The van der Waals surface area contributed by atoms with Crippen LogP contribution in [0.15, 0.2) is 4.52 Å². The van der Waals surface area contributed by atoms with Crippen LogP contribution in [0.25, 0.3) is 0 Å². The first-order valence-electron chi connectivity index (χ1n) is 6.26. The summed E-state index contributed by atoms with van der Waals surface area (Å²) < 4.78 is 5.16. The van der Waals surface area contributed by atoms with Gasteiger partial charge in [-0.25, -0.2) is 0 Å². The second kappa shape index (κ2) is 4.95. The monoisotopic (exact) mass is 224 g/mol. The van der Waals surface area contributed by atoms with E-state index in [1.165, 1.54) is 6.42 Å². The Hall–Kier alpha value is -0.900. The Bertz CT molecular complexity index is 330. The van der Waals surface area contributed by atoms with Crippen molar-refractivity contribution >= 4 is 0 Å². The van der Waals surface area contributed by atoms with E-state index in [9.17, 15) is 5.11 Å². The third kappa shape index (κ3) is 2.82. The van der Waals surface area contributed by atoms with E-state index in [0.29, 0.717) is 12.3 Å². The van der Waals surface area contributed by atoms with Gasteiger partial charge in [0.2, 0.25) is 5.89 Å². The molecule has 0 aromatic carbocycles. The molecular formula is C12H20N2O2. The first kappa shape index (κ1) is 11.6. The largest absolute Gasteiger partial charge is 0.389 e. The summed E-state index contributed by atoms with van der Waals surface area (Å²) in [5.41, 5.74) is -0.603. The van der Waals surface area contributed by atoms with Crippen LogP contribution in [-0.4, -0.2) is 20.8 Å². The van der Waals surface area contributed by atoms with Crippen LogP contribution >= 0.6 is 0 Å². The Morgan fingerprint density at radius 1 is 1.31 bits per heavy atom. The summed E-state index contributed by atoms with van der Waals surface area (Å²) in [5.74, 6) is 1.35. The molecule has 1 aromatic heterocycles. The van der Waals surface area contributed by atoms with Gasteiger partial charge in [0.1, 0.15) is 0 Å². The van der Waals surface area contributed by atoms with E-state index in [1.54, 1.807) is 0 Å². The summed E-state index contributed by atoms with van der Waals surface area (Å²) in [6.45, 7) is 2.09. The van der Waals surface area contributed by atoms with Crippen LogP contribution in [0.1, 0.15) is 57.2 Å². The molecule has 4 nitrogen and oxygen atoms in total. The van der Waals surface area contributed by atoms with Crippen LogP contribution in [0.2, 0.25) is 0 Å². The molecule has 2 rings (SSSR count). The molecule has 1 saturated carbocycles. The van der Waals surface area contributed by atoms with Gasteiger partial charge in [-0.05, 0) is 19.3 Å². The van der Waals surface area contributed by atoms with Gasteiger partial charge < -0.3 is 9.63 Å². The van der Waals surface area contributed by atoms with Gasteiger partial charge in [-0.1, -0.05) is 31.3 Å². The predicted octanol–water partition coefficient (Wildman–Crippen LogP) is 2.26. The lowest BCUT2D eigenvalue weighted by molar-refractivity contribution is -0.00181. The van der Waals surface area contributed by atoms with Crippen molar-refractivity contribution in [2.24, 2.45) is 0 Å². The highest BCUT2D eigenvalue weighted by atomic mass is 16.5. The van der Waals surface area contributed by atoms with E-state index < -0.39 is 5.60 Å². The summed E-state index contributed by atoms with van der Waals surface area (Å²) in [5, 5.41) is 14.2. The first-order chi connectivity index (χ1) is 7.72. The molecule has 1 aromatic rings. The zero-order valence-electron chi connectivity index (χ0n) is 9.91. The Kier molecular flexibility index (Phi) is 3.59. The van der Waals surface area contributed by atoms with E-state index in [1.807, 2.05) is 0 Å². The fourth-order valence-electron chi connectivity index (χ4n) is 2.36. The second-order valence-corrected chi connectivity index (χ2v) is 4.82. The Morgan fingerprint density at radius 2 is 2.06 bits per heavy atom. The highest BCUT2D eigenvalue weighted by Crippen LogP contribution is 2.30. The van der Waals surface area contributed by atoms with E-state index in [-0.39, 0.29) is 0 Å². The topological polar surface area (TPSA) is 59.2 Å². The minimum absolute atomic E-state index is 0.518. The summed E-state index contributed by atoms with van der Waals surface area (Å²) in [6, 6.07) is 0. The number of aliphatic hydroxyl groups is 1. The van der Waals surface area contributed by atoms with Crippen molar-refractivity contribution < 1.29 is 9.63 Å². The van der Waals surface area contributed by atoms with Crippen LogP contribution in [0.5, 0.6) is 0 Å². The van der Waals surface area contributed by atoms with E-state index in [4.69, 9.17) is 4.52 Å². The fraction of sp³-hybridized carbons (Fsp3) is 0.833. The molecule has 0 unspecified atom stereocenters. The SMILES string of the molecule is CCCc1noc(CC2(O)CCCCC2)n1. The molecule has 0 amide bonds. The highest BCUT2D eigenvalue weighted by molar-refractivity contribution is 4.94. The molecule has 0 bridgehead atoms. The summed E-state index contributed by atoms with van der Waals surface area (Å²) in [6.07, 6.45) is 7.54.